The SMILES string of the molecule is COc1ccc(N2C(=O)NC(=O)/C(=C\c3c(OC)ccc4ccccc34)C2=O)cc1. The minimum absolute atomic E-state index is 0.167. The van der Waals surface area contributed by atoms with E-state index >= 15 is 0 Å². The first-order valence-electron chi connectivity index (χ1n) is 9.14. The smallest absolute Gasteiger partial charge is 0.335 e. The normalized spacial score (nSPS) is 15.5. The molecular formula is C23H18N2O5. The van der Waals surface area contributed by atoms with Crippen molar-refractivity contribution >= 4 is 40.4 Å². The fourth-order valence-electron chi connectivity index (χ4n) is 3.37. The second-order valence-corrected chi connectivity index (χ2v) is 6.56. The molecule has 3 aromatic carbocycles. The molecule has 0 atom stereocenters. The third-order valence-electron chi connectivity index (χ3n) is 4.87. The van der Waals surface area contributed by atoms with E-state index in [0.29, 0.717) is 22.7 Å². The van der Waals surface area contributed by atoms with Crippen molar-refractivity contribution in [2.45, 2.75) is 0 Å². The topological polar surface area (TPSA) is 84.9 Å². The van der Waals surface area contributed by atoms with Gasteiger partial charge in [0.15, 0.2) is 0 Å². The lowest BCUT2D eigenvalue weighted by molar-refractivity contribution is -0.122. The van der Waals surface area contributed by atoms with Gasteiger partial charge < -0.3 is 9.47 Å². The molecule has 4 amide bonds. The van der Waals surface area contributed by atoms with Crippen molar-refractivity contribution in [2.24, 2.45) is 0 Å². The van der Waals surface area contributed by atoms with E-state index in [1.807, 2.05) is 30.3 Å². The second kappa shape index (κ2) is 7.71. The highest BCUT2D eigenvalue weighted by Crippen LogP contribution is 2.31. The lowest BCUT2D eigenvalue weighted by Gasteiger charge is -2.26. The number of carbonyl (C=O) groups is 3. The Morgan fingerprint density at radius 2 is 1.60 bits per heavy atom. The quantitative estimate of drug-likeness (QED) is 0.533. The minimum Gasteiger partial charge on any atom is -0.497 e. The monoisotopic (exact) mass is 402 g/mol. The summed E-state index contributed by atoms with van der Waals surface area (Å²) in [5.41, 5.74) is 0.736. The van der Waals surface area contributed by atoms with Gasteiger partial charge in [-0.1, -0.05) is 30.3 Å². The number of nitrogens with zero attached hydrogens (tertiary/aromatic N) is 1. The van der Waals surface area contributed by atoms with Gasteiger partial charge in [0.1, 0.15) is 17.1 Å². The minimum atomic E-state index is -0.808. The molecule has 0 radical (unpaired) electrons. The standard InChI is InChI=1S/C23H18N2O5/c1-29-16-10-8-15(9-11-16)25-22(27)19(21(26)24-23(25)28)13-18-17-6-4-3-5-14(17)7-12-20(18)30-2/h3-13H,1-2H3,(H,24,26,28)/b19-13+. The van der Waals surface area contributed by atoms with E-state index in [9.17, 15) is 14.4 Å². The molecule has 0 unspecified atom stereocenters. The number of nitrogens with one attached hydrogen (secondary N) is 1. The van der Waals surface area contributed by atoms with Crippen molar-refractivity contribution in [2.75, 3.05) is 19.1 Å². The zero-order chi connectivity index (χ0) is 21.3. The zero-order valence-electron chi connectivity index (χ0n) is 16.3. The van der Waals surface area contributed by atoms with Crippen LogP contribution in [0.3, 0.4) is 0 Å². The van der Waals surface area contributed by atoms with Crippen molar-refractivity contribution in [3.8, 4) is 11.5 Å². The summed E-state index contributed by atoms with van der Waals surface area (Å²) in [4.78, 5) is 39.0. The van der Waals surface area contributed by atoms with Crippen molar-refractivity contribution in [3.63, 3.8) is 0 Å². The number of urea groups is 1. The van der Waals surface area contributed by atoms with Gasteiger partial charge in [0.05, 0.1) is 19.9 Å². The number of barbiturate groups is 1. The van der Waals surface area contributed by atoms with Crippen LogP contribution in [0, 0.1) is 0 Å². The van der Waals surface area contributed by atoms with Crippen LogP contribution >= 0.6 is 0 Å². The van der Waals surface area contributed by atoms with E-state index in [2.05, 4.69) is 5.32 Å². The van der Waals surface area contributed by atoms with Crippen LogP contribution in [0.1, 0.15) is 5.56 Å². The Morgan fingerprint density at radius 1 is 0.867 bits per heavy atom. The molecule has 0 aliphatic carbocycles. The van der Waals surface area contributed by atoms with Gasteiger partial charge >= 0.3 is 6.03 Å². The lowest BCUT2D eigenvalue weighted by atomic mass is 9.99. The third-order valence-corrected chi connectivity index (χ3v) is 4.87. The molecule has 0 saturated carbocycles. The zero-order valence-corrected chi connectivity index (χ0v) is 16.3. The van der Waals surface area contributed by atoms with Crippen LogP contribution in [0.5, 0.6) is 11.5 Å². The molecule has 1 aliphatic heterocycles. The van der Waals surface area contributed by atoms with Crippen molar-refractivity contribution in [1.82, 2.24) is 5.32 Å². The number of anilines is 1. The third kappa shape index (κ3) is 3.26. The van der Waals surface area contributed by atoms with Gasteiger partial charge in [-0.25, -0.2) is 9.69 Å². The number of fused-ring (bicyclic) bond motifs is 1. The first-order valence-corrected chi connectivity index (χ1v) is 9.14. The van der Waals surface area contributed by atoms with E-state index in [1.165, 1.54) is 20.3 Å². The van der Waals surface area contributed by atoms with Gasteiger partial charge in [0, 0.05) is 5.56 Å². The van der Waals surface area contributed by atoms with E-state index in [4.69, 9.17) is 9.47 Å². The van der Waals surface area contributed by atoms with E-state index in [1.54, 1.807) is 30.3 Å². The number of imide groups is 2. The van der Waals surface area contributed by atoms with Gasteiger partial charge in [0.25, 0.3) is 11.8 Å². The first kappa shape index (κ1) is 19.2. The Hall–Kier alpha value is -4.13. The molecule has 4 rings (SSSR count). The van der Waals surface area contributed by atoms with Crippen LogP contribution in [0.25, 0.3) is 16.8 Å². The highest BCUT2D eigenvalue weighted by atomic mass is 16.5. The highest BCUT2D eigenvalue weighted by Gasteiger charge is 2.37. The fourth-order valence-corrected chi connectivity index (χ4v) is 3.37. The molecule has 150 valence electrons. The van der Waals surface area contributed by atoms with Crippen molar-refractivity contribution < 1.29 is 23.9 Å². The maximum absolute atomic E-state index is 13.1. The number of ether oxygens (including phenoxy) is 2. The molecule has 1 saturated heterocycles. The summed E-state index contributed by atoms with van der Waals surface area (Å²) in [5, 5.41) is 3.97. The van der Waals surface area contributed by atoms with Crippen LogP contribution in [0.2, 0.25) is 0 Å². The molecule has 7 heteroatoms. The van der Waals surface area contributed by atoms with Gasteiger partial charge in [-0.2, -0.15) is 0 Å². The van der Waals surface area contributed by atoms with Crippen molar-refractivity contribution in [1.29, 1.82) is 0 Å². The molecule has 0 spiro atoms. The Morgan fingerprint density at radius 3 is 2.30 bits per heavy atom. The summed E-state index contributed by atoms with van der Waals surface area (Å²) in [6.45, 7) is 0. The van der Waals surface area contributed by atoms with E-state index in [0.717, 1.165) is 15.7 Å². The number of amides is 4. The van der Waals surface area contributed by atoms with Crippen molar-refractivity contribution in [3.05, 3.63) is 71.8 Å². The molecule has 1 N–H and O–H groups in total. The predicted octanol–water partition coefficient (Wildman–Crippen LogP) is 3.52. The maximum atomic E-state index is 13.1. The number of rotatable bonds is 4. The molecule has 0 bridgehead atoms. The first-order chi connectivity index (χ1) is 14.5. The summed E-state index contributed by atoms with van der Waals surface area (Å²) < 4.78 is 10.6. The van der Waals surface area contributed by atoms with E-state index < -0.39 is 17.8 Å². The molecule has 30 heavy (non-hydrogen) atoms. The summed E-state index contributed by atoms with van der Waals surface area (Å²) >= 11 is 0. The van der Waals surface area contributed by atoms with Gasteiger partial charge in [-0.15, -0.1) is 0 Å². The van der Waals surface area contributed by atoms with Crippen LogP contribution < -0.4 is 19.7 Å². The average Bonchev–Trinajstić information content (AvgIpc) is 2.76. The molecule has 1 heterocycles. The van der Waals surface area contributed by atoms with Gasteiger partial charge in [-0.3, -0.25) is 14.9 Å². The van der Waals surface area contributed by atoms with E-state index in [-0.39, 0.29) is 5.57 Å². The Labute approximate surface area is 172 Å². The molecule has 0 aromatic heterocycles. The second-order valence-electron chi connectivity index (χ2n) is 6.56. The molecule has 3 aromatic rings. The predicted molar refractivity (Wildman–Crippen MR) is 112 cm³/mol. The summed E-state index contributed by atoms with van der Waals surface area (Å²) in [7, 11) is 3.03. The largest absolute Gasteiger partial charge is 0.497 e. The summed E-state index contributed by atoms with van der Waals surface area (Å²) in [6.07, 6.45) is 1.46. The van der Waals surface area contributed by atoms with Crippen LogP contribution in [-0.2, 0) is 9.59 Å². The Bertz CT molecular complexity index is 1200. The summed E-state index contributed by atoms with van der Waals surface area (Å²) in [6, 6.07) is 16.8. The lowest BCUT2D eigenvalue weighted by Crippen LogP contribution is -2.54. The fraction of sp³-hybridized carbons (Fsp3) is 0.0870. The van der Waals surface area contributed by atoms with Crippen LogP contribution in [0.4, 0.5) is 10.5 Å². The summed E-state index contributed by atoms with van der Waals surface area (Å²) in [5.74, 6) is -0.390. The maximum Gasteiger partial charge on any atom is 0.335 e. The van der Waals surface area contributed by atoms with Crippen LogP contribution in [0.15, 0.2) is 66.2 Å². The Kier molecular flexibility index (Phi) is 4.93. The van der Waals surface area contributed by atoms with Gasteiger partial charge in [0.2, 0.25) is 0 Å². The molecule has 1 aliphatic rings. The highest BCUT2D eigenvalue weighted by molar-refractivity contribution is 6.39. The number of carbonyl (C=O) groups excluding carboxylic acids is 3. The number of hydrogen-bond acceptors (Lipinski definition) is 5. The number of methoxy groups -OCH3 is 2. The number of hydrogen-bond donors (Lipinski definition) is 1. The molecule has 7 nitrogen and oxygen atoms in total. The molecule has 1 fully saturated rings. The molecular weight excluding hydrogens is 384 g/mol. The Balaban J connectivity index is 1.83. The van der Waals surface area contributed by atoms with Gasteiger partial charge in [-0.05, 0) is 47.2 Å². The van der Waals surface area contributed by atoms with Crippen LogP contribution in [-0.4, -0.2) is 32.1 Å². The average molecular weight is 402 g/mol. The number of benzene rings is 3.